The zero-order valence-corrected chi connectivity index (χ0v) is 21.9. The molecule has 2 saturated heterocycles. The van der Waals surface area contributed by atoms with Gasteiger partial charge in [0.2, 0.25) is 11.9 Å². The summed E-state index contributed by atoms with van der Waals surface area (Å²) in [5.74, 6) is 0.898. The molecule has 0 radical (unpaired) electrons. The normalized spacial score (nSPS) is 20.1. The Labute approximate surface area is 217 Å². The van der Waals surface area contributed by atoms with Crippen LogP contribution < -0.4 is 16.0 Å². The zero-order valence-electron chi connectivity index (χ0n) is 20.3. The number of anilines is 2. The van der Waals surface area contributed by atoms with Gasteiger partial charge < -0.3 is 16.0 Å². The van der Waals surface area contributed by atoms with Crippen LogP contribution in [0.25, 0.3) is 0 Å². The number of sulfone groups is 1. The maximum atomic E-state index is 14.2. The van der Waals surface area contributed by atoms with Crippen molar-refractivity contribution in [3.63, 3.8) is 0 Å². The number of piperidine rings is 1. The van der Waals surface area contributed by atoms with Crippen LogP contribution in [0.2, 0.25) is 5.02 Å². The van der Waals surface area contributed by atoms with Crippen molar-refractivity contribution < 1.29 is 8.42 Å². The molecule has 5 rings (SSSR count). The molecule has 3 heterocycles. The van der Waals surface area contributed by atoms with Crippen LogP contribution in [-0.4, -0.2) is 72.6 Å². The summed E-state index contributed by atoms with van der Waals surface area (Å²) in [6.07, 6.45) is 2.21. The number of aryl methyl sites for hydroxylation is 1. The number of nitrogens with two attached hydrogens (primary N) is 1. The lowest BCUT2D eigenvalue weighted by molar-refractivity contribution is 0.127. The molecule has 4 N–H and O–H groups in total. The highest BCUT2D eigenvalue weighted by atomic mass is 35.5. The van der Waals surface area contributed by atoms with Gasteiger partial charge in [-0.05, 0) is 55.5 Å². The topological polar surface area (TPSA) is 120 Å². The van der Waals surface area contributed by atoms with Crippen LogP contribution >= 0.6 is 11.6 Å². The SMILES string of the molecule is Cc1ccc(S(=O)(=O)[C@H]2CNCCN2C2CCN(c3n[nH]c(N)n3)CC2)c(Cc2ccc(Cl)cc2)c1. The van der Waals surface area contributed by atoms with E-state index in [1.807, 2.05) is 43.3 Å². The number of benzene rings is 2. The molecule has 192 valence electrons. The number of aromatic amines is 1. The largest absolute Gasteiger partial charge is 0.368 e. The Kier molecular flexibility index (Phi) is 7.21. The van der Waals surface area contributed by atoms with Crippen LogP contribution in [0.4, 0.5) is 11.9 Å². The van der Waals surface area contributed by atoms with E-state index in [2.05, 4.69) is 30.3 Å². The van der Waals surface area contributed by atoms with Gasteiger partial charge in [0.25, 0.3) is 0 Å². The molecule has 11 heteroatoms. The van der Waals surface area contributed by atoms with Crippen LogP contribution in [-0.2, 0) is 16.3 Å². The molecule has 9 nitrogen and oxygen atoms in total. The molecule has 3 aromatic rings. The number of H-pyrrole nitrogens is 1. The van der Waals surface area contributed by atoms with E-state index in [9.17, 15) is 8.42 Å². The highest BCUT2D eigenvalue weighted by Crippen LogP contribution is 2.30. The molecule has 2 aromatic carbocycles. The van der Waals surface area contributed by atoms with Gasteiger partial charge in [0, 0.05) is 43.8 Å². The second-order valence-corrected chi connectivity index (χ2v) is 12.1. The van der Waals surface area contributed by atoms with Crippen LogP contribution in [0.15, 0.2) is 47.4 Å². The molecule has 0 saturated carbocycles. The molecule has 2 aliphatic heterocycles. The van der Waals surface area contributed by atoms with E-state index in [0.29, 0.717) is 41.3 Å². The predicted octanol–water partition coefficient (Wildman–Crippen LogP) is 2.61. The second-order valence-electron chi connectivity index (χ2n) is 9.59. The van der Waals surface area contributed by atoms with Crippen molar-refractivity contribution in [2.24, 2.45) is 0 Å². The van der Waals surface area contributed by atoms with E-state index >= 15 is 0 Å². The number of nitrogen functional groups attached to an aromatic ring is 1. The van der Waals surface area contributed by atoms with Crippen LogP contribution in [0.3, 0.4) is 0 Å². The molecule has 0 spiro atoms. The van der Waals surface area contributed by atoms with Crippen molar-refractivity contribution in [1.82, 2.24) is 25.4 Å². The fourth-order valence-corrected chi connectivity index (χ4v) is 7.44. The first-order chi connectivity index (χ1) is 17.3. The molecule has 1 aromatic heterocycles. The summed E-state index contributed by atoms with van der Waals surface area (Å²) in [7, 11) is -3.62. The Morgan fingerprint density at radius 2 is 1.86 bits per heavy atom. The van der Waals surface area contributed by atoms with E-state index in [-0.39, 0.29) is 6.04 Å². The molecule has 0 bridgehead atoms. The highest BCUT2D eigenvalue weighted by molar-refractivity contribution is 7.92. The molecule has 0 amide bonds. The quantitative estimate of drug-likeness (QED) is 0.445. The third-order valence-corrected chi connectivity index (χ3v) is 9.55. The molecule has 0 unspecified atom stereocenters. The summed E-state index contributed by atoms with van der Waals surface area (Å²) in [5.41, 5.74) is 8.57. The first-order valence-corrected chi connectivity index (χ1v) is 14.2. The average Bonchev–Trinajstić information content (AvgIpc) is 3.32. The third kappa shape index (κ3) is 5.22. The highest BCUT2D eigenvalue weighted by Gasteiger charge is 2.40. The van der Waals surface area contributed by atoms with Crippen LogP contribution in [0.5, 0.6) is 0 Å². The third-order valence-electron chi connectivity index (χ3n) is 7.13. The monoisotopic (exact) mass is 529 g/mol. The Morgan fingerprint density at radius 3 is 2.56 bits per heavy atom. The molecule has 36 heavy (non-hydrogen) atoms. The van der Waals surface area contributed by atoms with Crippen molar-refractivity contribution in [2.45, 2.75) is 42.5 Å². The van der Waals surface area contributed by atoms with Gasteiger partial charge in [-0.15, -0.1) is 5.10 Å². The molecule has 2 aliphatic rings. The van der Waals surface area contributed by atoms with Gasteiger partial charge >= 0.3 is 0 Å². The van der Waals surface area contributed by atoms with Crippen LogP contribution in [0.1, 0.15) is 29.5 Å². The van der Waals surface area contributed by atoms with Crippen molar-refractivity contribution in [1.29, 1.82) is 0 Å². The summed E-state index contributed by atoms with van der Waals surface area (Å²) < 4.78 is 28.3. The lowest BCUT2D eigenvalue weighted by atomic mass is 10.0. The Balaban J connectivity index is 1.38. The number of hydrogen-bond donors (Lipinski definition) is 3. The maximum absolute atomic E-state index is 14.2. The van der Waals surface area contributed by atoms with Crippen molar-refractivity contribution in [2.75, 3.05) is 43.4 Å². The summed E-state index contributed by atoms with van der Waals surface area (Å²) in [6.45, 7) is 5.38. The first-order valence-electron chi connectivity index (χ1n) is 12.3. The molecule has 1 atom stereocenters. The van der Waals surface area contributed by atoms with Gasteiger partial charge in [-0.2, -0.15) is 4.98 Å². The zero-order chi connectivity index (χ0) is 25.3. The minimum Gasteiger partial charge on any atom is -0.368 e. The standard InChI is InChI=1S/C25H32ClN7O2S/c1-17-2-7-22(19(14-17)15-18-3-5-20(26)6-4-18)36(34,35)23-16-28-10-13-33(23)21-8-11-32(12-9-21)25-29-24(27)30-31-25/h2-7,14,21,23,28H,8-13,15-16H2,1H3,(H3,27,29,30,31)/t23-/m0/s1. The van der Waals surface area contributed by atoms with E-state index in [1.165, 1.54) is 0 Å². The first kappa shape index (κ1) is 25.0. The smallest absolute Gasteiger partial charge is 0.246 e. The summed E-state index contributed by atoms with van der Waals surface area (Å²) in [6, 6.07) is 13.4. The number of rotatable bonds is 6. The second kappa shape index (κ2) is 10.4. The van der Waals surface area contributed by atoms with Gasteiger partial charge in [-0.1, -0.05) is 41.4 Å². The van der Waals surface area contributed by atoms with Gasteiger partial charge in [-0.25, -0.2) is 13.5 Å². The lowest BCUT2D eigenvalue weighted by Crippen LogP contribution is -2.60. The summed E-state index contributed by atoms with van der Waals surface area (Å²) >= 11 is 6.05. The van der Waals surface area contributed by atoms with Gasteiger partial charge in [0.15, 0.2) is 9.84 Å². The molecule has 2 fully saturated rings. The van der Waals surface area contributed by atoms with Crippen molar-refractivity contribution in [3.8, 4) is 0 Å². The Hall–Kier alpha value is -2.66. The molecular formula is C25H32ClN7O2S. The van der Waals surface area contributed by atoms with E-state index < -0.39 is 15.2 Å². The van der Waals surface area contributed by atoms with Gasteiger partial charge in [0.1, 0.15) is 5.37 Å². The number of halogens is 1. The minimum atomic E-state index is -3.62. The van der Waals surface area contributed by atoms with Gasteiger partial charge in [-0.3, -0.25) is 4.90 Å². The number of piperazine rings is 1. The molecule has 0 aliphatic carbocycles. The number of nitrogens with zero attached hydrogens (tertiary/aromatic N) is 4. The predicted molar refractivity (Wildman–Crippen MR) is 142 cm³/mol. The Morgan fingerprint density at radius 1 is 1.11 bits per heavy atom. The van der Waals surface area contributed by atoms with Crippen molar-refractivity contribution in [3.05, 3.63) is 64.2 Å². The van der Waals surface area contributed by atoms with Crippen molar-refractivity contribution >= 4 is 33.3 Å². The minimum absolute atomic E-state index is 0.171. The molecular weight excluding hydrogens is 498 g/mol. The van der Waals surface area contributed by atoms with E-state index in [4.69, 9.17) is 17.3 Å². The average molecular weight is 530 g/mol. The fraction of sp³-hybridized carbons (Fsp3) is 0.440. The summed E-state index contributed by atoms with van der Waals surface area (Å²) in [5, 5.41) is 10.2. The Bertz CT molecular complexity index is 1300. The summed E-state index contributed by atoms with van der Waals surface area (Å²) in [4.78, 5) is 8.94. The number of aromatic nitrogens is 3. The number of hydrogen-bond acceptors (Lipinski definition) is 8. The fourth-order valence-electron chi connectivity index (χ4n) is 5.30. The van der Waals surface area contributed by atoms with Gasteiger partial charge in [0.05, 0.1) is 4.90 Å². The lowest BCUT2D eigenvalue weighted by Gasteiger charge is -2.44. The van der Waals surface area contributed by atoms with Crippen LogP contribution in [0, 0.1) is 6.92 Å². The number of nitrogens with one attached hydrogen (secondary N) is 2. The van der Waals surface area contributed by atoms with E-state index in [1.54, 1.807) is 6.07 Å². The van der Waals surface area contributed by atoms with E-state index in [0.717, 1.165) is 49.2 Å². The maximum Gasteiger partial charge on any atom is 0.246 e.